The molecule has 2 aromatic carbocycles. The Bertz CT molecular complexity index is 896. The van der Waals surface area contributed by atoms with Crippen LogP contribution in [0.1, 0.15) is 54.9 Å². The highest BCUT2D eigenvalue weighted by Gasteiger charge is 2.08. The molecule has 0 aliphatic rings. The molecule has 2 aromatic rings. The van der Waals surface area contributed by atoms with Crippen LogP contribution in [-0.4, -0.2) is 23.0 Å². The third-order valence-corrected chi connectivity index (χ3v) is 4.13. The van der Waals surface area contributed by atoms with Crippen molar-refractivity contribution in [3.63, 3.8) is 0 Å². The largest absolute Gasteiger partial charge is 0.326 e. The fourth-order valence-corrected chi connectivity index (χ4v) is 2.62. The van der Waals surface area contributed by atoms with Gasteiger partial charge in [0.15, 0.2) is 0 Å². The number of nitrogens with one attached hydrogen (secondary N) is 2. The smallest absolute Gasteiger partial charge is 0.271 e. The average molecular weight is 396 g/mol. The quantitative estimate of drug-likeness (QED) is 0.270. The van der Waals surface area contributed by atoms with E-state index in [9.17, 15) is 19.7 Å². The van der Waals surface area contributed by atoms with Crippen LogP contribution < -0.4 is 10.7 Å². The van der Waals surface area contributed by atoms with Crippen molar-refractivity contribution in [3.8, 4) is 0 Å². The maximum absolute atomic E-state index is 12.2. The van der Waals surface area contributed by atoms with Crippen LogP contribution in [0, 0.1) is 10.1 Å². The zero-order valence-corrected chi connectivity index (χ0v) is 16.3. The fraction of sp³-hybridized carbons (Fsp3) is 0.286. The summed E-state index contributed by atoms with van der Waals surface area (Å²) in [6.07, 6.45) is 5.86. The first-order valence-electron chi connectivity index (χ1n) is 9.47. The lowest BCUT2D eigenvalue weighted by Crippen LogP contribution is -2.18. The molecule has 29 heavy (non-hydrogen) atoms. The summed E-state index contributed by atoms with van der Waals surface area (Å²) in [6.45, 7) is 2.12. The van der Waals surface area contributed by atoms with Gasteiger partial charge < -0.3 is 5.32 Å². The zero-order valence-electron chi connectivity index (χ0n) is 16.3. The lowest BCUT2D eigenvalue weighted by Gasteiger charge is -2.07. The fourth-order valence-electron chi connectivity index (χ4n) is 2.62. The summed E-state index contributed by atoms with van der Waals surface area (Å²) < 4.78 is 0. The van der Waals surface area contributed by atoms with Crippen LogP contribution in [0.2, 0.25) is 0 Å². The minimum Gasteiger partial charge on any atom is -0.326 e. The Balaban J connectivity index is 1.91. The van der Waals surface area contributed by atoms with Crippen molar-refractivity contribution >= 4 is 29.4 Å². The number of amides is 2. The summed E-state index contributed by atoms with van der Waals surface area (Å²) in [6, 6.07) is 12.5. The Morgan fingerprint density at radius 2 is 1.90 bits per heavy atom. The molecule has 0 atom stereocenters. The molecule has 152 valence electrons. The van der Waals surface area contributed by atoms with E-state index in [1.54, 1.807) is 30.3 Å². The molecule has 2 amide bonds. The number of benzene rings is 2. The van der Waals surface area contributed by atoms with Crippen molar-refractivity contribution in [1.82, 2.24) is 5.43 Å². The number of nitro groups is 1. The van der Waals surface area contributed by atoms with Crippen LogP contribution in [0.25, 0.3) is 0 Å². The van der Waals surface area contributed by atoms with E-state index in [1.807, 2.05) is 0 Å². The Hall–Kier alpha value is -3.55. The van der Waals surface area contributed by atoms with Gasteiger partial charge in [0.25, 0.3) is 11.6 Å². The highest BCUT2D eigenvalue weighted by atomic mass is 16.6. The second-order valence-electron chi connectivity index (χ2n) is 6.49. The summed E-state index contributed by atoms with van der Waals surface area (Å²) in [5.74, 6) is -0.534. The second kappa shape index (κ2) is 11.3. The number of hydrogen-bond acceptors (Lipinski definition) is 5. The summed E-state index contributed by atoms with van der Waals surface area (Å²) in [4.78, 5) is 34.5. The molecule has 2 rings (SSSR count). The minimum atomic E-state index is -0.500. The molecule has 0 fully saturated rings. The predicted octanol–water partition coefficient (Wildman–Crippen LogP) is 4.27. The number of hydrazone groups is 1. The third-order valence-electron chi connectivity index (χ3n) is 4.13. The number of anilines is 1. The normalized spacial score (nSPS) is 10.7. The van der Waals surface area contributed by atoms with Gasteiger partial charge in [0.05, 0.1) is 11.1 Å². The maximum atomic E-state index is 12.2. The van der Waals surface area contributed by atoms with Crippen molar-refractivity contribution in [2.45, 2.75) is 39.0 Å². The molecular weight excluding hydrogens is 372 g/mol. The van der Waals surface area contributed by atoms with E-state index in [0.29, 0.717) is 23.2 Å². The third kappa shape index (κ3) is 7.53. The standard InChI is InChI=1S/C21H24N4O4/c1-2-3-4-5-12-20(26)23-18-10-7-9-17(14-18)21(27)24-22-15-16-8-6-11-19(13-16)25(28)29/h6-11,13-15H,2-5,12H2,1H3,(H,23,26)(H,24,27)/b22-15+. The van der Waals surface area contributed by atoms with Gasteiger partial charge in [-0.2, -0.15) is 5.10 Å². The lowest BCUT2D eigenvalue weighted by molar-refractivity contribution is -0.384. The first kappa shape index (κ1) is 21.7. The molecule has 0 spiro atoms. The van der Waals surface area contributed by atoms with Crippen LogP contribution in [0.5, 0.6) is 0 Å². The predicted molar refractivity (Wildman–Crippen MR) is 112 cm³/mol. The number of nitro benzene ring substituents is 1. The summed E-state index contributed by atoms with van der Waals surface area (Å²) in [5, 5.41) is 17.4. The van der Waals surface area contributed by atoms with Gasteiger partial charge in [-0.1, -0.05) is 44.4 Å². The Kier molecular flexibility index (Phi) is 8.50. The van der Waals surface area contributed by atoms with E-state index in [0.717, 1.165) is 25.7 Å². The molecule has 0 saturated carbocycles. The Morgan fingerprint density at radius 3 is 2.66 bits per heavy atom. The minimum absolute atomic E-state index is 0.0570. The molecule has 0 aliphatic carbocycles. The second-order valence-corrected chi connectivity index (χ2v) is 6.49. The van der Waals surface area contributed by atoms with E-state index in [4.69, 9.17) is 0 Å². The Morgan fingerprint density at radius 1 is 1.10 bits per heavy atom. The summed E-state index contributed by atoms with van der Waals surface area (Å²) >= 11 is 0. The van der Waals surface area contributed by atoms with Gasteiger partial charge in [0.1, 0.15) is 0 Å². The van der Waals surface area contributed by atoms with Gasteiger partial charge in [0, 0.05) is 35.4 Å². The number of hydrogen-bond donors (Lipinski definition) is 2. The van der Waals surface area contributed by atoms with Crippen molar-refractivity contribution in [3.05, 3.63) is 69.8 Å². The lowest BCUT2D eigenvalue weighted by atomic mass is 10.1. The van der Waals surface area contributed by atoms with Crippen LogP contribution in [-0.2, 0) is 4.79 Å². The number of carbonyl (C=O) groups is 2. The summed E-state index contributed by atoms with van der Waals surface area (Å²) in [7, 11) is 0. The number of carbonyl (C=O) groups excluding carboxylic acids is 2. The van der Waals surface area contributed by atoms with Crippen molar-refractivity contribution in [2.75, 3.05) is 5.32 Å². The van der Waals surface area contributed by atoms with Crippen LogP contribution in [0.4, 0.5) is 11.4 Å². The van der Waals surface area contributed by atoms with Gasteiger partial charge in [0.2, 0.25) is 5.91 Å². The molecule has 0 radical (unpaired) electrons. The number of nitrogens with zero attached hydrogens (tertiary/aromatic N) is 2. The van der Waals surface area contributed by atoms with E-state index >= 15 is 0 Å². The van der Waals surface area contributed by atoms with Gasteiger partial charge >= 0.3 is 0 Å². The molecule has 8 heteroatoms. The van der Waals surface area contributed by atoms with Gasteiger partial charge in [-0.15, -0.1) is 0 Å². The summed E-state index contributed by atoms with van der Waals surface area (Å²) in [5.41, 5.74) is 3.69. The monoisotopic (exact) mass is 396 g/mol. The van der Waals surface area contributed by atoms with E-state index < -0.39 is 10.8 Å². The molecular formula is C21H24N4O4. The van der Waals surface area contributed by atoms with E-state index in [1.165, 1.54) is 24.4 Å². The van der Waals surface area contributed by atoms with Gasteiger partial charge in [-0.05, 0) is 24.6 Å². The zero-order chi connectivity index (χ0) is 21.1. The SMILES string of the molecule is CCCCCCC(=O)Nc1cccc(C(=O)N/N=C/c2cccc([N+](=O)[O-])c2)c1. The van der Waals surface area contributed by atoms with Crippen molar-refractivity contribution in [1.29, 1.82) is 0 Å². The molecule has 0 aliphatic heterocycles. The van der Waals surface area contributed by atoms with E-state index in [-0.39, 0.29) is 11.6 Å². The Labute approximate surface area is 169 Å². The van der Waals surface area contributed by atoms with Crippen molar-refractivity contribution in [2.24, 2.45) is 5.10 Å². The van der Waals surface area contributed by atoms with Crippen LogP contribution >= 0.6 is 0 Å². The first-order chi connectivity index (χ1) is 14.0. The molecule has 2 N–H and O–H groups in total. The molecule has 0 saturated heterocycles. The van der Waals surface area contributed by atoms with Crippen molar-refractivity contribution < 1.29 is 14.5 Å². The number of non-ortho nitro benzene ring substituents is 1. The van der Waals surface area contributed by atoms with Gasteiger partial charge in [-0.25, -0.2) is 5.43 Å². The van der Waals surface area contributed by atoms with Crippen LogP contribution in [0.15, 0.2) is 53.6 Å². The molecule has 0 heterocycles. The average Bonchev–Trinajstić information content (AvgIpc) is 2.71. The van der Waals surface area contributed by atoms with Crippen LogP contribution in [0.3, 0.4) is 0 Å². The molecule has 8 nitrogen and oxygen atoms in total. The highest BCUT2D eigenvalue weighted by Crippen LogP contribution is 2.13. The molecule has 0 bridgehead atoms. The topological polar surface area (TPSA) is 114 Å². The molecule has 0 unspecified atom stereocenters. The first-order valence-corrected chi connectivity index (χ1v) is 9.47. The number of unbranched alkanes of at least 4 members (excludes halogenated alkanes) is 3. The van der Waals surface area contributed by atoms with Gasteiger partial charge in [-0.3, -0.25) is 19.7 Å². The maximum Gasteiger partial charge on any atom is 0.271 e. The number of rotatable bonds is 10. The van der Waals surface area contributed by atoms with E-state index in [2.05, 4.69) is 22.8 Å². The highest BCUT2D eigenvalue weighted by molar-refractivity contribution is 5.97. The molecule has 0 aromatic heterocycles.